The molecule has 0 atom stereocenters. The van der Waals surface area contributed by atoms with Crippen molar-refractivity contribution in [2.24, 2.45) is 0 Å². The lowest BCUT2D eigenvalue weighted by molar-refractivity contribution is -0.116. The molecule has 7 nitrogen and oxygen atoms in total. The van der Waals surface area contributed by atoms with E-state index in [-0.39, 0.29) is 15.5 Å². The molecule has 1 N–H and O–H groups in total. The van der Waals surface area contributed by atoms with Crippen LogP contribution in [0.4, 0.5) is 10.1 Å². The third-order valence-electron chi connectivity index (χ3n) is 4.10. The molecular formula is C19H17FN2O5S2. The molecule has 0 saturated heterocycles. The van der Waals surface area contributed by atoms with Crippen LogP contribution in [0, 0.1) is 5.82 Å². The number of methoxy groups -OCH3 is 1. The van der Waals surface area contributed by atoms with E-state index in [9.17, 15) is 22.4 Å². The fourth-order valence-corrected chi connectivity index (χ4v) is 5.59. The summed E-state index contributed by atoms with van der Waals surface area (Å²) in [4.78, 5) is 24.1. The molecule has 0 radical (unpaired) electrons. The number of carbonyl (C=O) groups is 2. The fourth-order valence-electron chi connectivity index (χ4n) is 2.70. The first-order chi connectivity index (χ1) is 13.8. The number of hydrogen-bond acceptors (Lipinski definition) is 6. The maximum absolute atomic E-state index is 13.7. The molecule has 29 heavy (non-hydrogen) atoms. The lowest BCUT2D eigenvalue weighted by Gasteiger charge is -2.17. The summed E-state index contributed by atoms with van der Waals surface area (Å²) in [6.45, 7) is -0.568. The summed E-state index contributed by atoms with van der Waals surface area (Å²) in [5.41, 5.74) is -0.0560. The van der Waals surface area contributed by atoms with Crippen LogP contribution in [0.3, 0.4) is 0 Å². The summed E-state index contributed by atoms with van der Waals surface area (Å²) in [7, 11) is -1.84. The molecule has 1 amide bonds. The molecule has 2 aromatic carbocycles. The number of anilines is 1. The van der Waals surface area contributed by atoms with Crippen LogP contribution in [-0.4, -0.2) is 45.3 Å². The average molecular weight is 436 g/mol. The van der Waals surface area contributed by atoms with Gasteiger partial charge in [-0.2, -0.15) is 4.31 Å². The number of fused-ring (bicyclic) bond motifs is 1. The first-order valence-electron chi connectivity index (χ1n) is 8.36. The Morgan fingerprint density at radius 2 is 1.79 bits per heavy atom. The molecule has 0 fully saturated rings. The van der Waals surface area contributed by atoms with Crippen LogP contribution in [0.15, 0.2) is 53.4 Å². The second kappa shape index (κ2) is 8.27. The zero-order valence-corrected chi connectivity index (χ0v) is 17.1. The first kappa shape index (κ1) is 20.9. The van der Waals surface area contributed by atoms with Gasteiger partial charge in [0.05, 0.1) is 19.3 Å². The minimum absolute atomic E-state index is 0.0560. The van der Waals surface area contributed by atoms with Gasteiger partial charge in [-0.1, -0.05) is 30.3 Å². The van der Waals surface area contributed by atoms with Gasteiger partial charge in [-0.05, 0) is 18.2 Å². The van der Waals surface area contributed by atoms with E-state index < -0.39 is 34.3 Å². The number of ether oxygens (including phenoxy) is 1. The highest BCUT2D eigenvalue weighted by Gasteiger charge is 2.32. The van der Waals surface area contributed by atoms with Gasteiger partial charge in [-0.15, -0.1) is 11.3 Å². The molecule has 0 aliphatic rings. The van der Waals surface area contributed by atoms with Crippen LogP contribution in [0.5, 0.6) is 0 Å². The smallest absolute Gasteiger partial charge is 0.349 e. The Labute approximate surface area is 170 Å². The van der Waals surface area contributed by atoms with Gasteiger partial charge in [0.1, 0.15) is 15.6 Å². The molecule has 0 spiro atoms. The molecular weight excluding hydrogens is 419 g/mol. The Bertz CT molecular complexity index is 1190. The van der Waals surface area contributed by atoms with Gasteiger partial charge < -0.3 is 10.1 Å². The number of nitrogens with zero attached hydrogens (tertiary/aromatic N) is 1. The highest BCUT2D eigenvalue weighted by Crippen LogP contribution is 2.36. The molecule has 0 bridgehead atoms. The third-order valence-corrected chi connectivity index (χ3v) is 7.27. The van der Waals surface area contributed by atoms with Crippen molar-refractivity contribution in [3.05, 3.63) is 59.2 Å². The molecule has 0 saturated carbocycles. The predicted molar refractivity (Wildman–Crippen MR) is 108 cm³/mol. The molecule has 152 valence electrons. The Morgan fingerprint density at radius 1 is 1.14 bits per heavy atom. The molecule has 0 aliphatic carbocycles. The lowest BCUT2D eigenvalue weighted by atomic mass is 10.2. The quantitative estimate of drug-likeness (QED) is 0.600. The fraction of sp³-hybridized carbons (Fsp3) is 0.158. The minimum atomic E-state index is -4.22. The molecule has 3 aromatic rings. The number of amides is 1. The van der Waals surface area contributed by atoms with Crippen molar-refractivity contribution < 1.29 is 27.1 Å². The number of sulfonamides is 1. The van der Waals surface area contributed by atoms with Gasteiger partial charge >= 0.3 is 5.97 Å². The molecule has 0 aliphatic heterocycles. The summed E-state index contributed by atoms with van der Waals surface area (Å²) in [6, 6.07) is 12.2. The van der Waals surface area contributed by atoms with Crippen molar-refractivity contribution in [1.29, 1.82) is 0 Å². The van der Waals surface area contributed by atoms with Crippen molar-refractivity contribution in [2.75, 3.05) is 26.0 Å². The Hall–Kier alpha value is -2.82. The maximum Gasteiger partial charge on any atom is 0.349 e. The number of nitrogens with one attached hydrogen (secondary N) is 1. The van der Waals surface area contributed by atoms with Crippen molar-refractivity contribution in [1.82, 2.24) is 4.31 Å². The van der Waals surface area contributed by atoms with E-state index in [4.69, 9.17) is 4.74 Å². The van der Waals surface area contributed by atoms with E-state index in [0.717, 1.165) is 22.8 Å². The number of likely N-dealkylation sites (N-methyl/N-ethyl adjacent to an activating group) is 1. The van der Waals surface area contributed by atoms with Crippen molar-refractivity contribution in [3.63, 3.8) is 0 Å². The number of thiophene rings is 1. The van der Waals surface area contributed by atoms with Crippen molar-refractivity contribution in [3.8, 4) is 0 Å². The van der Waals surface area contributed by atoms with Crippen LogP contribution in [-0.2, 0) is 19.6 Å². The van der Waals surface area contributed by atoms with Gasteiger partial charge in [0.2, 0.25) is 15.9 Å². The molecule has 1 aromatic heterocycles. The average Bonchev–Trinajstić information content (AvgIpc) is 3.09. The van der Waals surface area contributed by atoms with Crippen LogP contribution < -0.4 is 5.32 Å². The van der Waals surface area contributed by atoms with Gasteiger partial charge in [0.15, 0.2) is 0 Å². The minimum Gasteiger partial charge on any atom is -0.465 e. The number of halogens is 1. The zero-order valence-electron chi connectivity index (χ0n) is 15.5. The topological polar surface area (TPSA) is 92.8 Å². The summed E-state index contributed by atoms with van der Waals surface area (Å²) in [5, 5.41) is 2.70. The number of rotatable bonds is 6. The van der Waals surface area contributed by atoms with E-state index in [1.165, 1.54) is 25.2 Å². The van der Waals surface area contributed by atoms with E-state index in [1.54, 1.807) is 30.3 Å². The Balaban J connectivity index is 1.93. The van der Waals surface area contributed by atoms with E-state index >= 15 is 0 Å². The number of hydrogen-bond donors (Lipinski definition) is 1. The summed E-state index contributed by atoms with van der Waals surface area (Å²) in [5.74, 6) is -2.14. The van der Waals surface area contributed by atoms with E-state index in [1.807, 2.05) is 0 Å². The molecule has 1 heterocycles. The Kier molecular flexibility index (Phi) is 5.96. The number of para-hydroxylation sites is 1. The highest BCUT2D eigenvalue weighted by molar-refractivity contribution is 7.89. The molecule has 10 heteroatoms. The van der Waals surface area contributed by atoms with Gasteiger partial charge in [0, 0.05) is 17.1 Å². The standard InChI is InChI=1S/C19H17FN2O5S2/c1-22(11-16(23)21-14-9-5-4-8-13(14)20)29(25,26)18-12-7-3-6-10-15(12)28-17(18)19(24)27-2/h3-10H,11H2,1-2H3,(H,21,23). The Morgan fingerprint density at radius 3 is 2.48 bits per heavy atom. The number of esters is 1. The van der Waals surface area contributed by atoms with Crippen LogP contribution in [0.25, 0.3) is 10.1 Å². The number of benzene rings is 2. The van der Waals surface area contributed by atoms with Crippen LogP contribution in [0.2, 0.25) is 0 Å². The largest absolute Gasteiger partial charge is 0.465 e. The van der Waals surface area contributed by atoms with Crippen molar-refractivity contribution >= 4 is 49.0 Å². The van der Waals surface area contributed by atoms with Crippen LogP contribution in [0.1, 0.15) is 9.67 Å². The van der Waals surface area contributed by atoms with E-state index in [2.05, 4.69) is 5.32 Å². The monoisotopic (exact) mass is 436 g/mol. The maximum atomic E-state index is 13.7. The van der Waals surface area contributed by atoms with Gasteiger partial charge in [-0.25, -0.2) is 17.6 Å². The lowest BCUT2D eigenvalue weighted by Crippen LogP contribution is -2.35. The molecule has 0 unspecified atom stereocenters. The van der Waals surface area contributed by atoms with E-state index in [0.29, 0.717) is 10.1 Å². The zero-order chi connectivity index (χ0) is 21.2. The van der Waals surface area contributed by atoms with Gasteiger partial charge in [0.25, 0.3) is 0 Å². The molecule has 3 rings (SSSR count). The SMILES string of the molecule is COC(=O)c1sc2ccccc2c1S(=O)(=O)N(C)CC(=O)Nc1ccccc1F. The predicted octanol–water partition coefficient (Wildman–Crippen LogP) is 3.09. The summed E-state index contributed by atoms with van der Waals surface area (Å²) < 4.78 is 46.2. The van der Waals surface area contributed by atoms with Crippen LogP contribution >= 0.6 is 11.3 Å². The normalized spacial score (nSPS) is 11.6. The highest BCUT2D eigenvalue weighted by atomic mass is 32.2. The summed E-state index contributed by atoms with van der Waals surface area (Å²) >= 11 is 0.994. The second-order valence-electron chi connectivity index (χ2n) is 6.04. The second-order valence-corrected chi connectivity index (χ2v) is 9.07. The van der Waals surface area contributed by atoms with Crippen molar-refractivity contribution in [2.45, 2.75) is 4.90 Å². The van der Waals surface area contributed by atoms with Gasteiger partial charge in [-0.3, -0.25) is 4.79 Å². The first-order valence-corrected chi connectivity index (χ1v) is 10.6. The third kappa shape index (κ3) is 4.14. The number of carbonyl (C=O) groups excluding carboxylic acids is 2. The summed E-state index contributed by atoms with van der Waals surface area (Å²) in [6.07, 6.45) is 0.